The molecule has 3 rings (SSSR count). The highest BCUT2D eigenvalue weighted by molar-refractivity contribution is 7.89. The summed E-state index contributed by atoms with van der Waals surface area (Å²) in [4.78, 5) is 16.5. The van der Waals surface area contributed by atoms with Crippen LogP contribution in [0.15, 0.2) is 59.8 Å². The Balaban J connectivity index is 0.00000289. The normalized spacial score (nSPS) is 11.8. The molecule has 0 fully saturated rings. The zero-order valence-corrected chi connectivity index (χ0v) is 19.1. The van der Waals surface area contributed by atoms with Crippen LogP contribution < -0.4 is 15.2 Å². The topological polar surface area (TPSA) is 111 Å². The lowest BCUT2D eigenvalue weighted by molar-refractivity contribution is 0.102. The maximum atomic E-state index is 13.4. The maximum absolute atomic E-state index is 13.4. The van der Waals surface area contributed by atoms with Crippen molar-refractivity contribution >= 4 is 33.2 Å². The SMILES string of the molecule is CC(C)(C)c1ccc(C(=O)Nc2cncc(S(N)(=O)=O)c2)c(Oc2ccc(F)cc2Cl)c1.[HH].[HH]. The smallest absolute Gasteiger partial charge is 0.259 e. The fourth-order valence-corrected chi connectivity index (χ4v) is 3.48. The number of nitrogens with zero attached hydrogens (tertiary/aromatic N) is 1. The molecule has 0 unspecified atom stereocenters. The highest BCUT2D eigenvalue weighted by Crippen LogP contribution is 2.35. The van der Waals surface area contributed by atoms with Crippen molar-refractivity contribution in [1.82, 2.24) is 4.98 Å². The molecule has 1 amide bonds. The van der Waals surface area contributed by atoms with E-state index in [0.29, 0.717) is 0 Å². The van der Waals surface area contributed by atoms with E-state index in [4.69, 9.17) is 21.5 Å². The number of primary sulfonamides is 1. The van der Waals surface area contributed by atoms with Gasteiger partial charge in [-0.2, -0.15) is 0 Å². The Morgan fingerprint density at radius 2 is 1.84 bits per heavy atom. The van der Waals surface area contributed by atoms with Gasteiger partial charge < -0.3 is 10.1 Å². The summed E-state index contributed by atoms with van der Waals surface area (Å²) in [5.74, 6) is -0.733. The number of hydrogen-bond acceptors (Lipinski definition) is 5. The third kappa shape index (κ3) is 5.61. The van der Waals surface area contributed by atoms with Gasteiger partial charge in [0.15, 0.2) is 0 Å². The average molecular weight is 482 g/mol. The molecule has 32 heavy (non-hydrogen) atoms. The molecule has 0 aliphatic heterocycles. The third-order valence-corrected chi connectivity index (χ3v) is 5.68. The van der Waals surface area contributed by atoms with E-state index in [1.165, 1.54) is 24.4 Å². The Bertz CT molecular complexity index is 1300. The second-order valence-electron chi connectivity index (χ2n) is 8.05. The molecule has 2 aromatic carbocycles. The number of carbonyl (C=O) groups is 1. The summed E-state index contributed by atoms with van der Waals surface area (Å²) in [5.41, 5.74) is 0.930. The summed E-state index contributed by atoms with van der Waals surface area (Å²) in [6.07, 6.45) is 2.36. The molecule has 3 N–H and O–H groups in total. The summed E-state index contributed by atoms with van der Waals surface area (Å²) < 4.78 is 42.4. The number of pyridine rings is 1. The van der Waals surface area contributed by atoms with Gasteiger partial charge in [0.1, 0.15) is 22.2 Å². The van der Waals surface area contributed by atoms with Crippen LogP contribution in [0.2, 0.25) is 5.02 Å². The molecule has 0 aliphatic carbocycles. The first kappa shape index (κ1) is 23.6. The lowest BCUT2D eigenvalue weighted by atomic mass is 9.86. The number of nitrogens with one attached hydrogen (secondary N) is 1. The van der Waals surface area contributed by atoms with E-state index in [1.54, 1.807) is 18.2 Å². The second kappa shape index (κ2) is 8.85. The number of rotatable bonds is 5. The lowest BCUT2D eigenvalue weighted by Gasteiger charge is -2.21. The van der Waals surface area contributed by atoms with E-state index in [-0.39, 0.29) is 40.9 Å². The summed E-state index contributed by atoms with van der Waals surface area (Å²) >= 11 is 6.09. The largest absolute Gasteiger partial charge is 0.455 e. The number of halogens is 2. The molecular formula is C22H25ClFN3O4S. The van der Waals surface area contributed by atoms with Crippen LogP contribution in [0.1, 0.15) is 39.5 Å². The van der Waals surface area contributed by atoms with Crippen LogP contribution in [0.3, 0.4) is 0 Å². The summed E-state index contributed by atoms with van der Waals surface area (Å²) in [6.45, 7) is 6.00. The molecule has 0 aliphatic rings. The number of anilines is 1. The molecule has 172 valence electrons. The van der Waals surface area contributed by atoms with Gasteiger partial charge in [0.2, 0.25) is 10.0 Å². The first-order chi connectivity index (χ1) is 14.8. The predicted octanol–water partition coefficient (Wildman–Crippen LogP) is 5.36. The Labute approximate surface area is 193 Å². The van der Waals surface area contributed by atoms with Crippen LogP contribution >= 0.6 is 11.6 Å². The second-order valence-corrected chi connectivity index (χ2v) is 10.0. The number of nitrogens with two attached hydrogens (primary N) is 1. The van der Waals surface area contributed by atoms with E-state index < -0.39 is 21.7 Å². The monoisotopic (exact) mass is 481 g/mol. The number of aromatic nitrogens is 1. The van der Waals surface area contributed by atoms with Crippen molar-refractivity contribution in [3.8, 4) is 11.5 Å². The fraction of sp³-hybridized carbons (Fsp3) is 0.182. The number of benzene rings is 2. The van der Waals surface area contributed by atoms with Crippen LogP contribution in [0.4, 0.5) is 10.1 Å². The van der Waals surface area contributed by atoms with Crippen molar-refractivity contribution in [3.63, 3.8) is 0 Å². The molecular weight excluding hydrogens is 457 g/mol. The van der Waals surface area contributed by atoms with E-state index in [1.807, 2.05) is 20.8 Å². The van der Waals surface area contributed by atoms with Gasteiger partial charge in [0.25, 0.3) is 5.91 Å². The Hall–Kier alpha value is -3.01. The Morgan fingerprint density at radius 3 is 2.47 bits per heavy atom. The molecule has 10 heteroatoms. The molecule has 7 nitrogen and oxygen atoms in total. The minimum atomic E-state index is -3.99. The van der Waals surface area contributed by atoms with Gasteiger partial charge in [0.05, 0.1) is 22.5 Å². The van der Waals surface area contributed by atoms with E-state index in [9.17, 15) is 17.6 Å². The Kier molecular flexibility index (Phi) is 6.54. The molecule has 1 aromatic heterocycles. The van der Waals surface area contributed by atoms with Gasteiger partial charge in [0, 0.05) is 9.05 Å². The summed E-state index contributed by atoms with van der Waals surface area (Å²) in [6, 6.07) is 9.93. The summed E-state index contributed by atoms with van der Waals surface area (Å²) in [5, 5.41) is 7.75. The van der Waals surface area contributed by atoms with E-state index in [2.05, 4.69) is 10.3 Å². The molecule has 0 saturated carbocycles. The van der Waals surface area contributed by atoms with Crippen molar-refractivity contribution in [2.24, 2.45) is 5.14 Å². The molecule has 0 atom stereocenters. The molecule has 0 bridgehead atoms. The number of sulfonamides is 1. The number of hydrogen-bond donors (Lipinski definition) is 2. The number of amides is 1. The molecule has 0 radical (unpaired) electrons. The quantitative estimate of drug-likeness (QED) is 0.509. The first-order valence-corrected chi connectivity index (χ1v) is 11.3. The zero-order valence-electron chi connectivity index (χ0n) is 17.5. The van der Waals surface area contributed by atoms with Gasteiger partial charge in [-0.15, -0.1) is 0 Å². The maximum Gasteiger partial charge on any atom is 0.259 e. The van der Waals surface area contributed by atoms with Crippen molar-refractivity contribution in [2.75, 3.05) is 5.32 Å². The van der Waals surface area contributed by atoms with E-state index in [0.717, 1.165) is 17.8 Å². The molecule has 3 aromatic rings. The van der Waals surface area contributed by atoms with Gasteiger partial charge in [-0.25, -0.2) is 17.9 Å². The van der Waals surface area contributed by atoms with Gasteiger partial charge in [-0.05, 0) is 47.4 Å². The molecule has 0 saturated heterocycles. The lowest BCUT2D eigenvalue weighted by Crippen LogP contribution is -2.17. The van der Waals surface area contributed by atoms with Crippen LogP contribution in [-0.2, 0) is 15.4 Å². The molecule has 1 heterocycles. The van der Waals surface area contributed by atoms with Gasteiger partial charge in [-0.3, -0.25) is 9.78 Å². The van der Waals surface area contributed by atoms with Crippen molar-refractivity contribution in [2.45, 2.75) is 31.1 Å². The number of ether oxygens (including phenoxy) is 1. The van der Waals surface area contributed by atoms with Crippen LogP contribution in [0, 0.1) is 5.82 Å². The Morgan fingerprint density at radius 1 is 1.12 bits per heavy atom. The average Bonchev–Trinajstić information content (AvgIpc) is 2.69. The predicted molar refractivity (Wildman–Crippen MR) is 124 cm³/mol. The van der Waals surface area contributed by atoms with Crippen molar-refractivity contribution in [1.29, 1.82) is 0 Å². The van der Waals surface area contributed by atoms with E-state index >= 15 is 0 Å². The number of carbonyl (C=O) groups excluding carboxylic acids is 1. The third-order valence-electron chi connectivity index (χ3n) is 4.51. The van der Waals surface area contributed by atoms with Crippen LogP contribution in [0.5, 0.6) is 11.5 Å². The minimum Gasteiger partial charge on any atom is -0.455 e. The van der Waals surface area contributed by atoms with Crippen molar-refractivity contribution < 1.29 is 25.2 Å². The molecule has 0 spiro atoms. The fourth-order valence-electron chi connectivity index (χ4n) is 2.78. The standard InChI is InChI=1S/C22H21ClFN3O4S.2H2/c1-22(2,3)13-4-6-17(20(8-13)31-19-7-5-14(24)9-18(19)23)21(28)27-15-10-16(12-26-11-15)32(25,29)30;;/h4-12H,1-3H3,(H,27,28)(H2,25,29,30);2*1H. The van der Waals surface area contributed by atoms with Gasteiger partial charge >= 0.3 is 0 Å². The highest BCUT2D eigenvalue weighted by atomic mass is 35.5. The van der Waals surface area contributed by atoms with Crippen LogP contribution in [-0.4, -0.2) is 19.3 Å². The van der Waals surface area contributed by atoms with Gasteiger partial charge in [-0.1, -0.05) is 38.4 Å². The van der Waals surface area contributed by atoms with Crippen molar-refractivity contribution in [3.05, 3.63) is 76.8 Å². The minimum absolute atomic E-state index is 0. The first-order valence-electron chi connectivity index (χ1n) is 9.41. The highest BCUT2D eigenvalue weighted by Gasteiger charge is 2.21. The zero-order chi connectivity index (χ0) is 23.7. The summed E-state index contributed by atoms with van der Waals surface area (Å²) in [7, 11) is -3.99. The van der Waals surface area contributed by atoms with Crippen LogP contribution in [0.25, 0.3) is 0 Å².